The van der Waals surface area contributed by atoms with Gasteiger partial charge in [-0.15, -0.1) is 5.10 Å². The summed E-state index contributed by atoms with van der Waals surface area (Å²) in [6.45, 7) is 0. The van der Waals surface area contributed by atoms with Crippen molar-refractivity contribution in [2.24, 2.45) is 0 Å². The normalized spacial score (nSPS) is 12.4. The summed E-state index contributed by atoms with van der Waals surface area (Å²) in [5, 5.41) is 6.81. The fourth-order valence-corrected chi connectivity index (χ4v) is 2.26. The summed E-state index contributed by atoms with van der Waals surface area (Å²) in [6, 6.07) is 4.57. The van der Waals surface area contributed by atoms with E-state index in [1.807, 2.05) is 0 Å². The Balaban J connectivity index is 2.38. The molecule has 4 nitrogen and oxygen atoms in total. The second-order valence-electron chi connectivity index (χ2n) is 3.43. The molecule has 1 unspecified atom stereocenters. The Morgan fingerprint density at radius 1 is 1.47 bits per heavy atom. The number of nitrogens with one attached hydrogen (secondary N) is 1. The molecule has 0 aliphatic heterocycles. The molecule has 0 radical (unpaired) electrons. The van der Waals surface area contributed by atoms with E-state index in [1.165, 1.54) is 24.7 Å². The second-order valence-corrected chi connectivity index (χ2v) is 4.25. The number of aromatic nitrogens is 2. The molecular weight excluding hydrogens is 241 g/mol. The monoisotopic (exact) mass is 253 g/mol. The first kappa shape index (κ1) is 11.9. The smallest absolute Gasteiger partial charge is 0.132 e. The van der Waals surface area contributed by atoms with E-state index in [1.54, 1.807) is 25.4 Å². The third-order valence-corrected chi connectivity index (χ3v) is 3.20. The average molecular weight is 253 g/mol. The molecule has 0 saturated heterocycles. The van der Waals surface area contributed by atoms with E-state index < -0.39 is 0 Å². The first-order chi connectivity index (χ1) is 8.26. The zero-order valence-corrected chi connectivity index (χ0v) is 10.3. The molecule has 1 N–H and O–H groups in total. The third-order valence-electron chi connectivity index (χ3n) is 2.47. The number of ether oxygens (including phenoxy) is 1. The first-order valence-electron chi connectivity index (χ1n) is 5.04. The van der Waals surface area contributed by atoms with Crippen LogP contribution in [0.2, 0.25) is 0 Å². The maximum Gasteiger partial charge on any atom is 0.132 e. The number of methoxy groups -OCH3 is 1. The van der Waals surface area contributed by atoms with Gasteiger partial charge in [-0.25, -0.2) is 4.39 Å². The Morgan fingerprint density at radius 3 is 2.82 bits per heavy atom. The largest absolute Gasteiger partial charge is 0.497 e. The van der Waals surface area contributed by atoms with E-state index in [2.05, 4.69) is 14.9 Å². The molecule has 0 fully saturated rings. The standard InChI is InChI=1S/C11H12FN3OS/c1-13-11(10-6-14-15-17-10)8-4-3-7(16-2)5-9(8)12/h3-6,11,13H,1-2H3. The molecular formula is C11H12FN3OS. The SMILES string of the molecule is CNC(c1cnns1)c1ccc(OC)cc1F. The summed E-state index contributed by atoms with van der Waals surface area (Å²) in [7, 11) is 3.28. The molecule has 17 heavy (non-hydrogen) atoms. The van der Waals surface area contributed by atoms with Gasteiger partial charge in [0.1, 0.15) is 11.6 Å². The quantitative estimate of drug-likeness (QED) is 0.905. The molecule has 0 spiro atoms. The van der Waals surface area contributed by atoms with Gasteiger partial charge in [0, 0.05) is 11.6 Å². The maximum atomic E-state index is 13.9. The lowest BCUT2D eigenvalue weighted by atomic mass is 10.1. The highest BCUT2D eigenvalue weighted by Crippen LogP contribution is 2.27. The van der Waals surface area contributed by atoms with Crippen molar-refractivity contribution in [3.63, 3.8) is 0 Å². The summed E-state index contributed by atoms with van der Waals surface area (Å²) >= 11 is 1.25. The van der Waals surface area contributed by atoms with E-state index in [-0.39, 0.29) is 11.9 Å². The van der Waals surface area contributed by atoms with Gasteiger partial charge in [-0.2, -0.15) is 0 Å². The van der Waals surface area contributed by atoms with Gasteiger partial charge in [-0.3, -0.25) is 0 Å². The van der Waals surface area contributed by atoms with Crippen molar-refractivity contribution in [3.05, 3.63) is 40.7 Å². The maximum absolute atomic E-state index is 13.9. The van der Waals surface area contributed by atoms with Gasteiger partial charge in [0.25, 0.3) is 0 Å². The minimum absolute atomic E-state index is 0.235. The molecule has 1 atom stereocenters. The van der Waals surface area contributed by atoms with Crippen molar-refractivity contribution in [2.45, 2.75) is 6.04 Å². The number of rotatable bonds is 4. The van der Waals surface area contributed by atoms with Gasteiger partial charge in [-0.05, 0) is 24.6 Å². The van der Waals surface area contributed by atoms with Crippen molar-refractivity contribution >= 4 is 11.5 Å². The average Bonchev–Trinajstić information content (AvgIpc) is 2.85. The highest BCUT2D eigenvalue weighted by molar-refractivity contribution is 7.05. The number of nitrogens with zero attached hydrogens (tertiary/aromatic N) is 2. The topological polar surface area (TPSA) is 47.0 Å². The lowest BCUT2D eigenvalue weighted by Gasteiger charge is -2.15. The fraction of sp³-hybridized carbons (Fsp3) is 0.273. The summed E-state index contributed by atoms with van der Waals surface area (Å²) < 4.78 is 22.7. The van der Waals surface area contributed by atoms with Gasteiger partial charge in [0.15, 0.2) is 0 Å². The predicted octanol–water partition coefficient (Wildman–Crippen LogP) is 1.99. The van der Waals surface area contributed by atoms with Gasteiger partial charge >= 0.3 is 0 Å². The van der Waals surface area contributed by atoms with Gasteiger partial charge in [-0.1, -0.05) is 10.6 Å². The number of hydrogen-bond donors (Lipinski definition) is 1. The molecule has 0 amide bonds. The van der Waals surface area contributed by atoms with Crippen molar-refractivity contribution in [1.29, 1.82) is 0 Å². The van der Waals surface area contributed by atoms with E-state index in [0.29, 0.717) is 11.3 Å². The van der Waals surface area contributed by atoms with Crippen LogP contribution in [0.5, 0.6) is 5.75 Å². The van der Waals surface area contributed by atoms with E-state index in [0.717, 1.165) is 4.88 Å². The van der Waals surface area contributed by atoms with Crippen LogP contribution in [-0.4, -0.2) is 23.7 Å². The summed E-state index contributed by atoms with van der Waals surface area (Å²) in [6.07, 6.45) is 1.63. The van der Waals surface area contributed by atoms with E-state index in [9.17, 15) is 4.39 Å². The second kappa shape index (κ2) is 5.20. The van der Waals surface area contributed by atoms with Crippen molar-refractivity contribution in [2.75, 3.05) is 14.2 Å². The highest BCUT2D eigenvalue weighted by atomic mass is 32.1. The Bertz CT molecular complexity index is 489. The van der Waals surface area contributed by atoms with Crippen molar-refractivity contribution < 1.29 is 9.13 Å². The summed E-state index contributed by atoms with van der Waals surface area (Å²) in [5.41, 5.74) is 0.555. The van der Waals surface area contributed by atoms with Crippen LogP contribution >= 0.6 is 11.5 Å². The van der Waals surface area contributed by atoms with E-state index >= 15 is 0 Å². The summed E-state index contributed by atoms with van der Waals surface area (Å²) in [5.74, 6) is 0.195. The lowest BCUT2D eigenvalue weighted by molar-refractivity contribution is 0.410. The van der Waals surface area contributed by atoms with Crippen LogP contribution in [0.4, 0.5) is 4.39 Å². The third kappa shape index (κ3) is 2.42. The number of halogens is 1. The molecule has 6 heteroatoms. The Labute approximate surface area is 103 Å². The zero-order valence-electron chi connectivity index (χ0n) is 9.48. The Hall–Kier alpha value is -1.53. The molecule has 2 aromatic rings. The van der Waals surface area contributed by atoms with Gasteiger partial charge in [0.2, 0.25) is 0 Å². The fourth-order valence-electron chi connectivity index (χ4n) is 1.62. The molecule has 90 valence electrons. The van der Waals surface area contributed by atoms with Crippen LogP contribution in [0, 0.1) is 5.82 Å². The van der Waals surface area contributed by atoms with Crippen LogP contribution in [-0.2, 0) is 0 Å². The molecule has 0 bridgehead atoms. The van der Waals surface area contributed by atoms with Crippen LogP contribution in [0.15, 0.2) is 24.4 Å². The Morgan fingerprint density at radius 2 is 2.29 bits per heavy atom. The molecule has 1 heterocycles. The van der Waals surface area contributed by atoms with Crippen LogP contribution in [0.1, 0.15) is 16.5 Å². The van der Waals surface area contributed by atoms with Crippen LogP contribution in [0.25, 0.3) is 0 Å². The van der Waals surface area contributed by atoms with E-state index in [4.69, 9.17) is 4.74 Å². The minimum atomic E-state index is -0.308. The number of hydrogen-bond acceptors (Lipinski definition) is 5. The van der Waals surface area contributed by atoms with Crippen molar-refractivity contribution in [3.8, 4) is 5.75 Å². The van der Waals surface area contributed by atoms with Crippen molar-refractivity contribution in [1.82, 2.24) is 14.9 Å². The molecule has 2 rings (SSSR count). The number of benzene rings is 1. The molecule has 0 aliphatic carbocycles. The highest BCUT2D eigenvalue weighted by Gasteiger charge is 2.18. The van der Waals surface area contributed by atoms with Crippen LogP contribution in [0.3, 0.4) is 0 Å². The lowest BCUT2D eigenvalue weighted by Crippen LogP contribution is -2.17. The molecule has 0 aliphatic rings. The molecule has 1 aromatic heterocycles. The van der Waals surface area contributed by atoms with Gasteiger partial charge in [0.05, 0.1) is 24.2 Å². The van der Waals surface area contributed by atoms with Crippen LogP contribution < -0.4 is 10.1 Å². The minimum Gasteiger partial charge on any atom is -0.497 e. The molecule has 0 saturated carbocycles. The Kier molecular flexibility index (Phi) is 3.65. The molecule has 1 aromatic carbocycles. The zero-order chi connectivity index (χ0) is 12.3. The van der Waals surface area contributed by atoms with Gasteiger partial charge < -0.3 is 10.1 Å². The first-order valence-corrected chi connectivity index (χ1v) is 5.81. The summed E-state index contributed by atoms with van der Waals surface area (Å²) in [4.78, 5) is 0.872. The predicted molar refractivity (Wildman–Crippen MR) is 63.8 cm³/mol.